The molecule has 0 aromatic carbocycles. The van der Waals surface area contributed by atoms with Crippen molar-refractivity contribution in [2.24, 2.45) is 0 Å². The second kappa shape index (κ2) is 5.78. The number of nitrogens with one attached hydrogen (secondary N) is 1. The molecule has 0 bridgehead atoms. The first kappa shape index (κ1) is 12.3. The van der Waals surface area contributed by atoms with E-state index in [0.717, 1.165) is 45.7 Å². The predicted molar refractivity (Wildman–Crippen MR) is 92.8 cm³/mol. The molecule has 0 spiro atoms. The lowest BCUT2D eigenvalue weighted by atomic mass is 9.90. The molecule has 2 heterocycles. The van der Waals surface area contributed by atoms with Gasteiger partial charge >= 0.3 is 0 Å². The van der Waals surface area contributed by atoms with Crippen LogP contribution in [0.2, 0.25) is 0 Å². The zero-order valence-corrected chi connectivity index (χ0v) is 14.0. The lowest BCUT2D eigenvalue weighted by molar-refractivity contribution is 0.221. The third-order valence-corrected chi connectivity index (χ3v) is 6.14. The fourth-order valence-corrected chi connectivity index (χ4v) is 4.80. The van der Waals surface area contributed by atoms with Crippen molar-refractivity contribution < 1.29 is 2.74 Å². The average Bonchev–Trinajstić information content (AvgIpc) is 3.06. The van der Waals surface area contributed by atoms with Gasteiger partial charge in [0.05, 0.1) is 5.39 Å². The normalized spacial score (nSPS) is 28.5. The van der Waals surface area contributed by atoms with Crippen molar-refractivity contribution in [1.82, 2.24) is 14.9 Å². The maximum atomic E-state index is 8.34. The Hall–Kier alpha value is -1.20. The second-order valence-corrected chi connectivity index (χ2v) is 7.68. The number of hydrogen-bond acceptors (Lipinski definition) is 5. The molecule has 1 N–H and O–H groups in total. The van der Waals surface area contributed by atoms with Crippen molar-refractivity contribution in [3.8, 4) is 0 Å². The Labute approximate surface area is 138 Å². The molecule has 2 aromatic rings. The van der Waals surface area contributed by atoms with Crippen molar-refractivity contribution in [3.63, 3.8) is 0 Å². The lowest BCUT2D eigenvalue weighted by Crippen LogP contribution is -2.36. The summed E-state index contributed by atoms with van der Waals surface area (Å²) in [6.07, 6.45) is 6.40. The van der Waals surface area contributed by atoms with Crippen molar-refractivity contribution >= 4 is 27.4 Å². The summed E-state index contributed by atoms with van der Waals surface area (Å²) in [6.45, 7) is 0. The summed E-state index contributed by atoms with van der Waals surface area (Å²) in [5, 5.41) is 4.53. The van der Waals surface area contributed by atoms with Gasteiger partial charge < -0.3 is 10.2 Å². The van der Waals surface area contributed by atoms with Gasteiger partial charge in [0.1, 0.15) is 17.0 Å². The second-order valence-electron chi connectivity index (χ2n) is 6.59. The summed E-state index contributed by atoms with van der Waals surface area (Å²) in [5.74, 6) is 0.830. The Balaban J connectivity index is 1.62. The van der Waals surface area contributed by atoms with Gasteiger partial charge in [-0.2, -0.15) is 0 Å². The van der Waals surface area contributed by atoms with E-state index in [1.54, 1.807) is 17.7 Å². The molecule has 0 aliphatic heterocycles. The molecule has 4 rings (SSSR count). The SMILES string of the molecule is [2H]C1([2H])CCc2sc3ncnc(NC4CCC(N(C)C)CC4)c3c21. The zero-order chi connectivity index (χ0) is 16.9. The highest BCUT2D eigenvalue weighted by Crippen LogP contribution is 2.39. The van der Waals surface area contributed by atoms with Gasteiger partial charge in [0, 0.05) is 19.7 Å². The molecule has 22 heavy (non-hydrogen) atoms. The molecule has 2 aliphatic carbocycles. The van der Waals surface area contributed by atoms with E-state index in [2.05, 4.69) is 34.3 Å². The standard InChI is InChI=1S/C17H24N4S/c1-21(2)12-8-6-11(7-9-12)20-16-15-13-4-3-5-14(13)22-17(15)19-10-18-16/h10-12H,3-9H2,1-2H3,(H,18,19,20)/i4D2. The van der Waals surface area contributed by atoms with Crippen LogP contribution >= 0.6 is 11.3 Å². The zero-order valence-electron chi connectivity index (χ0n) is 15.2. The number of fused-ring (bicyclic) bond motifs is 3. The molecule has 2 aromatic heterocycles. The van der Waals surface area contributed by atoms with E-state index in [9.17, 15) is 0 Å². The van der Waals surface area contributed by atoms with Crippen LogP contribution in [0.15, 0.2) is 6.33 Å². The third kappa shape index (κ3) is 2.50. The molecular formula is C17H24N4S. The summed E-state index contributed by atoms with van der Waals surface area (Å²) in [4.78, 5) is 13.3. The van der Waals surface area contributed by atoms with Gasteiger partial charge in [0.25, 0.3) is 0 Å². The number of aryl methyl sites for hydroxylation is 2. The molecule has 2 aliphatic rings. The van der Waals surface area contributed by atoms with Crippen molar-refractivity contribution in [3.05, 3.63) is 16.8 Å². The van der Waals surface area contributed by atoms with E-state index in [4.69, 9.17) is 2.74 Å². The van der Waals surface area contributed by atoms with E-state index in [-0.39, 0.29) is 0 Å². The van der Waals surface area contributed by atoms with Crippen LogP contribution in [0.4, 0.5) is 5.82 Å². The summed E-state index contributed by atoms with van der Waals surface area (Å²) < 4.78 is 16.7. The van der Waals surface area contributed by atoms with E-state index < -0.39 is 6.37 Å². The molecule has 5 heteroatoms. The van der Waals surface area contributed by atoms with E-state index in [0.29, 0.717) is 18.5 Å². The average molecular weight is 318 g/mol. The highest BCUT2D eigenvalue weighted by atomic mass is 32.1. The molecule has 118 valence electrons. The monoisotopic (exact) mass is 318 g/mol. The van der Waals surface area contributed by atoms with E-state index in [1.165, 1.54) is 12.8 Å². The van der Waals surface area contributed by atoms with Crippen LogP contribution < -0.4 is 5.32 Å². The third-order valence-electron chi connectivity index (χ3n) is 4.98. The molecule has 0 unspecified atom stereocenters. The van der Waals surface area contributed by atoms with Gasteiger partial charge in [0.2, 0.25) is 0 Å². The Morgan fingerprint density at radius 1 is 1.27 bits per heavy atom. The molecule has 4 nitrogen and oxygen atoms in total. The van der Waals surface area contributed by atoms with Crippen LogP contribution in [-0.2, 0) is 12.8 Å². The Morgan fingerprint density at radius 2 is 2.09 bits per heavy atom. The number of thiophene rings is 1. The lowest BCUT2D eigenvalue weighted by Gasteiger charge is -2.33. The van der Waals surface area contributed by atoms with Gasteiger partial charge in [-0.3, -0.25) is 0 Å². The van der Waals surface area contributed by atoms with Crippen LogP contribution in [0.5, 0.6) is 0 Å². The largest absolute Gasteiger partial charge is 0.367 e. The van der Waals surface area contributed by atoms with Gasteiger partial charge in [-0.1, -0.05) is 0 Å². The van der Waals surface area contributed by atoms with Crippen LogP contribution in [0.25, 0.3) is 10.2 Å². The molecule has 0 radical (unpaired) electrons. The minimum atomic E-state index is -1.25. The smallest absolute Gasteiger partial charge is 0.138 e. The Morgan fingerprint density at radius 3 is 2.86 bits per heavy atom. The Bertz CT molecular complexity index is 750. The predicted octanol–water partition coefficient (Wildman–Crippen LogP) is 3.46. The molecular weight excluding hydrogens is 292 g/mol. The molecule has 1 saturated carbocycles. The van der Waals surface area contributed by atoms with Crippen LogP contribution in [0.1, 0.15) is 45.3 Å². The minimum Gasteiger partial charge on any atom is -0.367 e. The van der Waals surface area contributed by atoms with Crippen molar-refractivity contribution in [2.75, 3.05) is 19.4 Å². The summed E-state index contributed by atoms with van der Waals surface area (Å²) >= 11 is 1.63. The maximum absolute atomic E-state index is 8.34. The van der Waals surface area contributed by atoms with Crippen molar-refractivity contribution in [1.29, 1.82) is 0 Å². The van der Waals surface area contributed by atoms with Gasteiger partial charge in [-0.15, -0.1) is 11.3 Å². The number of rotatable bonds is 3. The molecule has 0 atom stereocenters. The highest BCUT2D eigenvalue weighted by Gasteiger charge is 2.25. The highest BCUT2D eigenvalue weighted by molar-refractivity contribution is 7.19. The molecule has 0 saturated heterocycles. The first-order chi connectivity index (χ1) is 11.5. The van der Waals surface area contributed by atoms with Crippen LogP contribution in [-0.4, -0.2) is 41.0 Å². The fourth-order valence-electron chi connectivity index (χ4n) is 3.68. The number of hydrogen-bond donors (Lipinski definition) is 1. The topological polar surface area (TPSA) is 41.1 Å². The first-order valence-corrected chi connectivity index (χ1v) is 8.97. The summed E-state index contributed by atoms with van der Waals surface area (Å²) in [7, 11) is 4.31. The number of nitrogens with zero attached hydrogens (tertiary/aromatic N) is 3. The van der Waals surface area contributed by atoms with Gasteiger partial charge in [0.15, 0.2) is 0 Å². The first-order valence-electron chi connectivity index (χ1n) is 9.15. The van der Waals surface area contributed by atoms with Gasteiger partial charge in [-0.25, -0.2) is 9.97 Å². The van der Waals surface area contributed by atoms with E-state index >= 15 is 0 Å². The summed E-state index contributed by atoms with van der Waals surface area (Å²) in [6, 6.07) is 1.09. The Kier molecular flexibility index (Phi) is 3.22. The minimum absolute atomic E-state index is 0.419. The molecule has 1 fully saturated rings. The quantitative estimate of drug-likeness (QED) is 0.941. The fraction of sp³-hybridized carbons (Fsp3) is 0.647. The van der Waals surface area contributed by atoms with Gasteiger partial charge in [-0.05, 0) is 64.6 Å². The van der Waals surface area contributed by atoms with Crippen LogP contribution in [0, 0.1) is 0 Å². The molecule has 0 amide bonds. The number of aromatic nitrogens is 2. The summed E-state index contributed by atoms with van der Waals surface area (Å²) in [5.41, 5.74) is 0.840. The van der Waals surface area contributed by atoms with Crippen molar-refractivity contribution in [2.45, 2.75) is 57.0 Å². The number of anilines is 1. The maximum Gasteiger partial charge on any atom is 0.138 e. The van der Waals surface area contributed by atoms with Crippen LogP contribution in [0.3, 0.4) is 0 Å². The van der Waals surface area contributed by atoms with E-state index in [1.807, 2.05) is 0 Å².